The molecule has 1 atom stereocenters. The minimum absolute atomic E-state index is 0.0566. The van der Waals surface area contributed by atoms with Crippen molar-refractivity contribution < 1.29 is 18.7 Å². The number of rotatable bonds is 4. The van der Waals surface area contributed by atoms with Crippen molar-refractivity contribution in [1.29, 1.82) is 0 Å². The van der Waals surface area contributed by atoms with E-state index in [4.69, 9.17) is 9.15 Å². The minimum Gasteiger partial charge on any atom is -0.423 e. The van der Waals surface area contributed by atoms with Crippen LogP contribution in [0.15, 0.2) is 4.42 Å². The van der Waals surface area contributed by atoms with E-state index in [9.17, 15) is 9.59 Å². The lowest BCUT2D eigenvalue weighted by atomic mass is 9.76. The van der Waals surface area contributed by atoms with E-state index in [1.165, 1.54) is 0 Å². The standard InChI is InChI=1S/C21H33N5O4/c1-15(2)19-22-23-20(30-19)17-12-21(4-6-24(7-5-21)16(3)27)14-26(17)13-18(28)25-8-10-29-11-9-25/h15,17H,4-14H2,1-3H3. The summed E-state index contributed by atoms with van der Waals surface area (Å²) in [4.78, 5) is 30.8. The summed E-state index contributed by atoms with van der Waals surface area (Å²) < 4.78 is 11.4. The molecule has 0 aromatic carbocycles. The second kappa shape index (κ2) is 8.63. The first-order valence-electron chi connectivity index (χ1n) is 11.1. The van der Waals surface area contributed by atoms with Gasteiger partial charge in [-0.15, -0.1) is 10.2 Å². The fraction of sp³-hybridized carbons (Fsp3) is 0.810. The SMILES string of the molecule is CC(=O)N1CCC2(CC1)CC(c1nnc(C(C)C)o1)N(CC(=O)N1CCOCC1)C2. The predicted molar refractivity (Wildman–Crippen MR) is 109 cm³/mol. The third kappa shape index (κ3) is 4.37. The fourth-order valence-corrected chi connectivity index (χ4v) is 4.91. The van der Waals surface area contributed by atoms with Gasteiger partial charge in [-0.05, 0) is 24.7 Å². The van der Waals surface area contributed by atoms with Gasteiger partial charge in [-0.1, -0.05) is 13.8 Å². The van der Waals surface area contributed by atoms with Crippen molar-refractivity contribution in [2.75, 3.05) is 52.5 Å². The van der Waals surface area contributed by atoms with Gasteiger partial charge in [-0.2, -0.15) is 0 Å². The number of amides is 2. The third-order valence-electron chi connectivity index (χ3n) is 6.81. The Hall–Kier alpha value is -2.00. The zero-order valence-corrected chi connectivity index (χ0v) is 18.3. The van der Waals surface area contributed by atoms with E-state index < -0.39 is 0 Å². The van der Waals surface area contributed by atoms with Crippen molar-refractivity contribution in [3.05, 3.63) is 11.8 Å². The average molecular weight is 420 g/mol. The molecular weight excluding hydrogens is 386 g/mol. The molecule has 30 heavy (non-hydrogen) atoms. The summed E-state index contributed by atoms with van der Waals surface area (Å²) >= 11 is 0. The first-order chi connectivity index (χ1) is 14.4. The number of hydrogen-bond acceptors (Lipinski definition) is 7. The maximum Gasteiger partial charge on any atom is 0.236 e. The topological polar surface area (TPSA) is 92.0 Å². The molecule has 3 aliphatic heterocycles. The second-order valence-corrected chi connectivity index (χ2v) is 9.26. The van der Waals surface area contributed by atoms with Crippen LogP contribution in [0, 0.1) is 5.41 Å². The highest BCUT2D eigenvalue weighted by Crippen LogP contribution is 2.48. The molecule has 1 unspecified atom stereocenters. The molecule has 0 aliphatic carbocycles. The molecule has 1 aromatic heterocycles. The van der Waals surface area contributed by atoms with Crippen LogP contribution in [0.1, 0.15) is 63.8 Å². The summed E-state index contributed by atoms with van der Waals surface area (Å²) in [6, 6.07) is -0.0566. The molecule has 0 radical (unpaired) electrons. The summed E-state index contributed by atoms with van der Waals surface area (Å²) in [6.45, 7) is 10.9. The molecular formula is C21H33N5O4. The van der Waals surface area contributed by atoms with Crippen LogP contribution in [0.2, 0.25) is 0 Å². The van der Waals surface area contributed by atoms with Gasteiger partial charge in [0.05, 0.1) is 25.8 Å². The molecule has 2 amide bonds. The van der Waals surface area contributed by atoms with Gasteiger partial charge in [0.15, 0.2) is 0 Å². The van der Waals surface area contributed by atoms with Crippen molar-refractivity contribution in [3.8, 4) is 0 Å². The highest BCUT2D eigenvalue weighted by Gasteiger charge is 2.48. The maximum atomic E-state index is 13.0. The van der Waals surface area contributed by atoms with Crippen LogP contribution in [0.3, 0.4) is 0 Å². The van der Waals surface area contributed by atoms with Gasteiger partial charge in [0.2, 0.25) is 23.6 Å². The number of hydrogen-bond donors (Lipinski definition) is 0. The minimum atomic E-state index is -0.0566. The number of ether oxygens (including phenoxy) is 1. The van der Waals surface area contributed by atoms with E-state index in [-0.39, 0.29) is 29.2 Å². The van der Waals surface area contributed by atoms with Gasteiger partial charge < -0.3 is 19.0 Å². The third-order valence-corrected chi connectivity index (χ3v) is 6.81. The molecule has 3 aliphatic rings. The van der Waals surface area contributed by atoms with Crippen LogP contribution in [0.5, 0.6) is 0 Å². The molecule has 9 heteroatoms. The molecule has 166 valence electrons. The fourth-order valence-electron chi connectivity index (χ4n) is 4.91. The molecule has 0 N–H and O–H groups in total. The monoisotopic (exact) mass is 419 g/mol. The molecule has 0 saturated carbocycles. The Morgan fingerprint density at radius 1 is 1.10 bits per heavy atom. The average Bonchev–Trinajstić information content (AvgIpc) is 3.35. The molecule has 4 heterocycles. The summed E-state index contributed by atoms with van der Waals surface area (Å²) in [6.07, 6.45) is 2.77. The summed E-state index contributed by atoms with van der Waals surface area (Å²) in [5, 5.41) is 8.57. The molecule has 3 fully saturated rings. The van der Waals surface area contributed by atoms with Gasteiger partial charge in [0, 0.05) is 45.6 Å². The van der Waals surface area contributed by atoms with Gasteiger partial charge in [-0.25, -0.2) is 0 Å². The predicted octanol–water partition coefficient (Wildman–Crippen LogP) is 1.43. The highest BCUT2D eigenvalue weighted by atomic mass is 16.5. The number of likely N-dealkylation sites (tertiary alicyclic amines) is 2. The van der Waals surface area contributed by atoms with Crippen LogP contribution < -0.4 is 0 Å². The van der Waals surface area contributed by atoms with E-state index in [0.29, 0.717) is 44.6 Å². The Balaban J connectivity index is 1.51. The van der Waals surface area contributed by atoms with Gasteiger partial charge in [0.25, 0.3) is 0 Å². The number of carbonyl (C=O) groups is 2. The highest BCUT2D eigenvalue weighted by molar-refractivity contribution is 5.78. The zero-order chi connectivity index (χ0) is 21.3. The molecule has 0 bridgehead atoms. The number of aromatic nitrogens is 2. The van der Waals surface area contributed by atoms with Crippen molar-refractivity contribution in [2.45, 2.75) is 52.0 Å². The lowest BCUT2D eigenvalue weighted by molar-refractivity contribution is -0.136. The van der Waals surface area contributed by atoms with Crippen LogP contribution in [-0.2, 0) is 14.3 Å². The Morgan fingerprint density at radius 3 is 2.40 bits per heavy atom. The molecule has 4 rings (SSSR count). The Labute approximate surface area is 177 Å². The molecule has 1 spiro atoms. The van der Waals surface area contributed by atoms with Crippen molar-refractivity contribution in [1.82, 2.24) is 24.9 Å². The van der Waals surface area contributed by atoms with Crippen molar-refractivity contribution in [2.24, 2.45) is 5.41 Å². The van der Waals surface area contributed by atoms with Gasteiger partial charge in [0.1, 0.15) is 0 Å². The first kappa shape index (κ1) is 21.2. The Morgan fingerprint density at radius 2 is 1.80 bits per heavy atom. The first-order valence-corrected chi connectivity index (χ1v) is 11.1. The van der Waals surface area contributed by atoms with Crippen molar-refractivity contribution >= 4 is 11.8 Å². The Bertz CT molecular complexity index is 765. The largest absolute Gasteiger partial charge is 0.423 e. The second-order valence-electron chi connectivity index (χ2n) is 9.26. The maximum absolute atomic E-state index is 13.0. The smallest absolute Gasteiger partial charge is 0.236 e. The molecule has 9 nitrogen and oxygen atoms in total. The van der Waals surface area contributed by atoms with E-state index in [2.05, 4.69) is 15.1 Å². The summed E-state index contributed by atoms with van der Waals surface area (Å²) in [7, 11) is 0. The summed E-state index contributed by atoms with van der Waals surface area (Å²) in [5.74, 6) is 1.68. The quantitative estimate of drug-likeness (QED) is 0.729. The molecule has 3 saturated heterocycles. The van der Waals surface area contributed by atoms with Gasteiger partial charge >= 0.3 is 0 Å². The Kier molecular flexibility index (Phi) is 6.11. The lowest BCUT2D eigenvalue weighted by Crippen LogP contribution is -2.47. The van der Waals surface area contributed by atoms with E-state index >= 15 is 0 Å². The number of nitrogens with zero attached hydrogens (tertiary/aromatic N) is 5. The zero-order valence-electron chi connectivity index (χ0n) is 18.3. The lowest BCUT2D eigenvalue weighted by Gasteiger charge is -2.39. The van der Waals surface area contributed by atoms with Crippen LogP contribution in [0.4, 0.5) is 0 Å². The van der Waals surface area contributed by atoms with Crippen molar-refractivity contribution in [3.63, 3.8) is 0 Å². The van der Waals surface area contributed by atoms with Gasteiger partial charge in [-0.3, -0.25) is 14.5 Å². The number of piperidine rings is 1. The van der Waals surface area contributed by atoms with E-state index in [0.717, 1.165) is 38.9 Å². The molecule has 1 aromatic rings. The normalized spacial score (nSPS) is 24.7. The van der Waals surface area contributed by atoms with Crippen LogP contribution in [0.25, 0.3) is 0 Å². The number of morpholine rings is 1. The summed E-state index contributed by atoms with van der Waals surface area (Å²) in [5.41, 5.74) is 0.0777. The van der Waals surface area contributed by atoms with Crippen LogP contribution >= 0.6 is 0 Å². The van der Waals surface area contributed by atoms with E-state index in [1.54, 1.807) is 6.92 Å². The van der Waals surface area contributed by atoms with Crippen LogP contribution in [-0.4, -0.2) is 89.2 Å². The van der Waals surface area contributed by atoms with E-state index in [1.807, 2.05) is 23.6 Å². The number of carbonyl (C=O) groups excluding carboxylic acids is 2.